The molecule has 4 heteroatoms. The summed E-state index contributed by atoms with van der Waals surface area (Å²) >= 11 is 1.82. The molecule has 3 N–H and O–H groups in total. The average molecular weight is 241 g/mol. The fourth-order valence-corrected chi connectivity index (χ4v) is 2.06. The van der Waals surface area contributed by atoms with Crippen molar-refractivity contribution in [3.63, 3.8) is 0 Å². The van der Waals surface area contributed by atoms with E-state index in [-0.39, 0.29) is 6.61 Å². The molecule has 0 aliphatic heterocycles. The van der Waals surface area contributed by atoms with Crippen LogP contribution in [0.1, 0.15) is 13.8 Å². The van der Waals surface area contributed by atoms with Crippen molar-refractivity contribution in [2.45, 2.75) is 30.1 Å². The second-order valence-corrected chi connectivity index (χ2v) is 5.56. The van der Waals surface area contributed by atoms with E-state index in [0.717, 1.165) is 5.69 Å². The summed E-state index contributed by atoms with van der Waals surface area (Å²) in [6.45, 7) is 4.48. The lowest BCUT2D eigenvalue weighted by molar-refractivity contribution is 0.105. The van der Waals surface area contributed by atoms with E-state index in [1.54, 1.807) is 0 Å². The van der Waals surface area contributed by atoms with Crippen molar-refractivity contribution in [1.29, 1.82) is 0 Å². The topological polar surface area (TPSA) is 52.5 Å². The minimum atomic E-state index is -0.704. The van der Waals surface area contributed by atoms with Gasteiger partial charge in [0, 0.05) is 22.4 Å². The summed E-state index contributed by atoms with van der Waals surface area (Å²) in [5.74, 6) is 0. The molecule has 0 aliphatic rings. The van der Waals surface area contributed by atoms with Crippen molar-refractivity contribution in [3.8, 4) is 0 Å². The van der Waals surface area contributed by atoms with Gasteiger partial charge in [-0.3, -0.25) is 0 Å². The van der Waals surface area contributed by atoms with Crippen molar-refractivity contribution < 1.29 is 10.2 Å². The van der Waals surface area contributed by atoms with Gasteiger partial charge in [0.25, 0.3) is 0 Å². The Morgan fingerprint density at radius 3 is 2.38 bits per heavy atom. The highest BCUT2D eigenvalue weighted by molar-refractivity contribution is 7.99. The smallest absolute Gasteiger partial charge is 0.0942 e. The van der Waals surface area contributed by atoms with E-state index in [1.165, 1.54) is 4.90 Å². The van der Waals surface area contributed by atoms with Crippen molar-refractivity contribution in [2.75, 3.05) is 18.5 Å². The molecule has 0 bridgehead atoms. The van der Waals surface area contributed by atoms with Crippen molar-refractivity contribution in [2.24, 2.45) is 0 Å². The van der Waals surface area contributed by atoms with Crippen molar-refractivity contribution in [1.82, 2.24) is 0 Å². The summed E-state index contributed by atoms with van der Waals surface area (Å²) in [6.07, 6.45) is -0.704. The fraction of sp³-hybridized carbons (Fsp3) is 0.500. The molecular formula is C12H19NO2S. The lowest BCUT2D eigenvalue weighted by atomic mass is 10.3. The predicted molar refractivity (Wildman–Crippen MR) is 69.0 cm³/mol. The Hall–Kier alpha value is -0.710. The number of thioether (sulfide) groups is 1. The summed E-state index contributed by atoms with van der Waals surface area (Å²) in [5.41, 5.74) is 0.959. The van der Waals surface area contributed by atoms with Gasteiger partial charge in [-0.2, -0.15) is 0 Å². The van der Waals surface area contributed by atoms with Crippen LogP contribution in [-0.4, -0.2) is 34.7 Å². The third kappa shape index (κ3) is 4.88. The number of hydrogen-bond acceptors (Lipinski definition) is 4. The largest absolute Gasteiger partial charge is 0.394 e. The lowest BCUT2D eigenvalue weighted by Crippen LogP contribution is -2.22. The third-order valence-corrected chi connectivity index (χ3v) is 2.99. The summed E-state index contributed by atoms with van der Waals surface area (Å²) < 4.78 is 0. The Kier molecular flexibility index (Phi) is 5.66. The van der Waals surface area contributed by atoms with Crippen LogP contribution >= 0.6 is 11.8 Å². The molecule has 0 heterocycles. The first-order valence-electron chi connectivity index (χ1n) is 5.41. The molecule has 0 saturated carbocycles. The summed E-state index contributed by atoms with van der Waals surface area (Å²) in [4.78, 5) is 1.24. The second kappa shape index (κ2) is 6.78. The van der Waals surface area contributed by atoms with Crippen LogP contribution in [-0.2, 0) is 0 Å². The van der Waals surface area contributed by atoms with Crippen LogP contribution in [0.2, 0.25) is 0 Å². The van der Waals surface area contributed by atoms with Gasteiger partial charge < -0.3 is 15.5 Å². The number of benzene rings is 1. The molecule has 1 rings (SSSR count). The molecule has 0 aliphatic carbocycles. The quantitative estimate of drug-likeness (QED) is 0.666. The number of nitrogens with one attached hydrogen (secondary N) is 1. The summed E-state index contributed by atoms with van der Waals surface area (Å²) in [6, 6.07) is 8.07. The molecule has 1 aromatic rings. The monoisotopic (exact) mass is 241 g/mol. The van der Waals surface area contributed by atoms with Gasteiger partial charge in [-0.1, -0.05) is 13.8 Å². The van der Waals surface area contributed by atoms with E-state index >= 15 is 0 Å². The molecule has 0 saturated heterocycles. The standard InChI is InChI=1S/C12H19NO2S/c1-9(2)16-12-5-3-10(4-6-12)13-7-11(15)8-14/h3-6,9,11,13-15H,7-8H2,1-2H3. The molecule has 0 aromatic heterocycles. The minimum Gasteiger partial charge on any atom is -0.394 e. The molecule has 1 unspecified atom stereocenters. The maximum Gasteiger partial charge on any atom is 0.0942 e. The summed E-state index contributed by atoms with van der Waals surface area (Å²) in [5, 5.41) is 21.5. The highest BCUT2D eigenvalue weighted by Gasteiger charge is 2.02. The van der Waals surface area contributed by atoms with E-state index in [1.807, 2.05) is 23.9 Å². The first kappa shape index (κ1) is 13.4. The van der Waals surface area contributed by atoms with E-state index in [2.05, 4.69) is 31.3 Å². The maximum absolute atomic E-state index is 9.18. The van der Waals surface area contributed by atoms with Crippen molar-refractivity contribution in [3.05, 3.63) is 24.3 Å². The van der Waals surface area contributed by atoms with E-state index < -0.39 is 6.10 Å². The minimum absolute atomic E-state index is 0.214. The Morgan fingerprint density at radius 2 is 1.88 bits per heavy atom. The number of aliphatic hydroxyl groups is 2. The average Bonchev–Trinajstić information content (AvgIpc) is 2.27. The van der Waals surface area contributed by atoms with Gasteiger partial charge in [0.2, 0.25) is 0 Å². The number of rotatable bonds is 6. The van der Waals surface area contributed by atoms with Gasteiger partial charge >= 0.3 is 0 Å². The first-order chi connectivity index (χ1) is 7.61. The van der Waals surface area contributed by atoms with Gasteiger partial charge in [0.05, 0.1) is 12.7 Å². The van der Waals surface area contributed by atoms with Gasteiger partial charge in [-0.25, -0.2) is 0 Å². The SMILES string of the molecule is CC(C)Sc1ccc(NCC(O)CO)cc1. The highest BCUT2D eigenvalue weighted by Crippen LogP contribution is 2.24. The number of hydrogen-bond donors (Lipinski definition) is 3. The molecular weight excluding hydrogens is 222 g/mol. The maximum atomic E-state index is 9.18. The van der Waals surface area contributed by atoms with Crippen LogP contribution in [0.4, 0.5) is 5.69 Å². The Labute approximate surface area is 101 Å². The molecule has 1 aromatic carbocycles. The first-order valence-corrected chi connectivity index (χ1v) is 6.29. The zero-order valence-corrected chi connectivity index (χ0v) is 10.5. The number of anilines is 1. The second-order valence-electron chi connectivity index (χ2n) is 3.91. The van der Waals surface area contributed by atoms with Crippen LogP contribution < -0.4 is 5.32 Å². The zero-order valence-electron chi connectivity index (χ0n) is 9.68. The Bertz CT molecular complexity index is 300. The molecule has 1 atom stereocenters. The van der Waals surface area contributed by atoms with Crippen LogP contribution in [0.25, 0.3) is 0 Å². The van der Waals surface area contributed by atoms with Gasteiger partial charge in [-0.05, 0) is 24.3 Å². The van der Waals surface area contributed by atoms with E-state index in [0.29, 0.717) is 11.8 Å². The fourth-order valence-electron chi connectivity index (χ4n) is 1.22. The third-order valence-electron chi connectivity index (χ3n) is 1.98. The van der Waals surface area contributed by atoms with Crippen LogP contribution in [0.5, 0.6) is 0 Å². The Morgan fingerprint density at radius 1 is 1.25 bits per heavy atom. The molecule has 0 radical (unpaired) electrons. The molecule has 0 amide bonds. The van der Waals surface area contributed by atoms with Gasteiger partial charge in [-0.15, -0.1) is 11.8 Å². The van der Waals surface area contributed by atoms with Crippen LogP contribution in [0.3, 0.4) is 0 Å². The molecule has 0 fully saturated rings. The lowest BCUT2D eigenvalue weighted by Gasteiger charge is -2.11. The molecule has 16 heavy (non-hydrogen) atoms. The van der Waals surface area contributed by atoms with Gasteiger partial charge in [0.1, 0.15) is 0 Å². The molecule has 90 valence electrons. The highest BCUT2D eigenvalue weighted by atomic mass is 32.2. The number of aliphatic hydroxyl groups excluding tert-OH is 2. The predicted octanol–water partition coefficient (Wildman–Crippen LogP) is 1.95. The molecule has 0 spiro atoms. The van der Waals surface area contributed by atoms with E-state index in [9.17, 15) is 5.11 Å². The van der Waals surface area contributed by atoms with Crippen molar-refractivity contribution >= 4 is 17.4 Å². The van der Waals surface area contributed by atoms with E-state index in [4.69, 9.17) is 5.11 Å². The Balaban J connectivity index is 2.45. The summed E-state index contributed by atoms with van der Waals surface area (Å²) in [7, 11) is 0. The normalized spacial score (nSPS) is 12.8. The molecule has 3 nitrogen and oxygen atoms in total. The zero-order chi connectivity index (χ0) is 12.0. The van der Waals surface area contributed by atoms with Crippen LogP contribution in [0.15, 0.2) is 29.2 Å². The van der Waals surface area contributed by atoms with Crippen LogP contribution in [0, 0.1) is 0 Å². The van der Waals surface area contributed by atoms with Gasteiger partial charge in [0.15, 0.2) is 0 Å².